The fraction of sp³-hybridized carbons (Fsp3) is 0.647. The van der Waals surface area contributed by atoms with Gasteiger partial charge in [-0.2, -0.15) is 0 Å². The zero-order valence-electron chi connectivity index (χ0n) is 12.7. The highest BCUT2D eigenvalue weighted by Crippen LogP contribution is 2.47. The quantitative estimate of drug-likeness (QED) is 0.893. The molecule has 3 rings (SSSR count). The van der Waals surface area contributed by atoms with Crippen LogP contribution < -0.4 is 14.8 Å². The van der Waals surface area contributed by atoms with Gasteiger partial charge < -0.3 is 14.8 Å². The predicted octanol–water partition coefficient (Wildman–Crippen LogP) is 3.69. The van der Waals surface area contributed by atoms with E-state index in [0.717, 1.165) is 23.8 Å². The van der Waals surface area contributed by atoms with Crippen LogP contribution in [0.5, 0.6) is 11.5 Å². The molecule has 1 aromatic carbocycles. The standard InChI is InChI=1S/C17H25NO2/c1-12-6-8-17(9-7-12)11-15(18-2)14-5-4-13(19-3)10-16(14)20-17/h4-5,10,12,15,18H,6-9,11H2,1-3H3. The Labute approximate surface area is 121 Å². The Morgan fingerprint density at radius 2 is 2.05 bits per heavy atom. The monoisotopic (exact) mass is 275 g/mol. The Hall–Kier alpha value is -1.22. The summed E-state index contributed by atoms with van der Waals surface area (Å²) >= 11 is 0. The van der Waals surface area contributed by atoms with Crippen molar-refractivity contribution in [2.45, 2.75) is 50.7 Å². The molecule has 1 unspecified atom stereocenters. The summed E-state index contributed by atoms with van der Waals surface area (Å²) in [4.78, 5) is 0. The molecule has 1 fully saturated rings. The van der Waals surface area contributed by atoms with Crippen molar-refractivity contribution in [1.82, 2.24) is 5.32 Å². The van der Waals surface area contributed by atoms with Crippen LogP contribution in [0.3, 0.4) is 0 Å². The molecule has 1 atom stereocenters. The number of ether oxygens (including phenoxy) is 2. The summed E-state index contributed by atoms with van der Waals surface area (Å²) in [5.74, 6) is 2.72. The molecule has 1 heterocycles. The summed E-state index contributed by atoms with van der Waals surface area (Å²) in [7, 11) is 3.75. The number of benzene rings is 1. The summed E-state index contributed by atoms with van der Waals surface area (Å²) in [5, 5.41) is 3.46. The Balaban J connectivity index is 1.92. The van der Waals surface area contributed by atoms with Crippen LogP contribution in [-0.2, 0) is 0 Å². The van der Waals surface area contributed by atoms with Crippen LogP contribution in [0.15, 0.2) is 18.2 Å². The molecule has 0 radical (unpaired) electrons. The Morgan fingerprint density at radius 3 is 2.70 bits per heavy atom. The van der Waals surface area contributed by atoms with Crippen molar-refractivity contribution in [1.29, 1.82) is 0 Å². The van der Waals surface area contributed by atoms with Crippen LogP contribution >= 0.6 is 0 Å². The summed E-state index contributed by atoms with van der Waals surface area (Å²) < 4.78 is 11.8. The van der Waals surface area contributed by atoms with Gasteiger partial charge in [-0.3, -0.25) is 0 Å². The van der Waals surface area contributed by atoms with Gasteiger partial charge in [0.2, 0.25) is 0 Å². The fourth-order valence-electron chi connectivity index (χ4n) is 3.63. The molecule has 1 spiro atoms. The summed E-state index contributed by atoms with van der Waals surface area (Å²) in [6.07, 6.45) is 5.97. The minimum atomic E-state index is 0.0273. The lowest BCUT2D eigenvalue weighted by molar-refractivity contribution is -0.0121. The van der Waals surface area contributed by atoms with E-state index in [4.69, 9.17) is 9.47 Å². The van der Waals surface area contributed by atoms with Crippen molar-refractivity contribution < 1.29 is 9.47 Å². The second kappa shape index (κ2) is 5.28. The van der Waals surface area contributed by atoms with Gasteiger partial charge in [-0.05, 0) is 44.7 Å². The molecule has 3 nitrogen and oxygen atoms in total. The molecule has 0 saturated heterocycles. The zero-order valence-corrected chi connectivity index (χ0v) is 12.7. The van der Waals surface area contributed by atoms with Gasteiger partial charge >= 0.3 is 0 Å². The lowest BCUT2D eigenvalue weighted by Crippen LogP contribution is -2.46. The topological polar surface area (TPSA) is 30.5 Å². The van der Waals surface area contributed by atoms with E-state index in [-0.39, 0.29) is 5.60 Å². The van der Waals surface area contributed by atoms with E-state index in [2.05, 4.69) is 18.3 Å². The molecule has 110 valence electrons. The second-order valence-corrected chi connectivity index (χ2v) is 6.42. The molecular formula is C17H25NO2. The van der Waals surface area contributed by atoms with E-state index >= 15 is 0 Å². The highest BCUT2D eigenvalue weighted by molar-refractivity contribution is 5.44. The first-order chi connectivity index (χ1) is 9.65. The third-order valence-electron chi connectivity index (χ3n) is 5.03. The van der Waals surface area contributed by atoms with Gasteiger partial charge in [-0.25, -0.2) is 0 Å². The largest absolute Gasteiger partial charge is 0.497 e. The number of hydrogen-bond acceptors (Lipinski definition) is 3. The molecule has 1 N–H and O–H groups in total. The zero-order chi connectivity index (χ0) is 14.2. The summed E-state index contributed by atoms with van der Waals surface area (Å²) in [6, 6.07) is 6.58. The van der Waals surface area contributed by atoms with E-state index in [1.807, 2.05) is 19.2 Å². The van der Waals surface area contributed by atoms with Crippen LogP contribution in [0.2, 0.25) is 0 Å². The molecule has 2 aliphatic rings. The van der Waals surface area contributed by atoms with Crippen molar-refractivity contribution in [2.24, 2.45) is 5.92 Å². The van der Waals surface area contributed by atoms with E-state index in [1.165, 1.54) is 31.2 Å². The Kier molecular flexibility index (Phi) is 3.63. The number of methoxy groups -OCH3 is 1. The minimum Gasteiger partial charge on any atom is -0.497 e. The SMILES string of the molecule is CNC1CC2(CCC(C)CC2)Oc2cc(OC)ccc21. The van der Waals surface area contributed by atoms with Gasteiger partial charge in [0.25, 0.3) is 0 Å². The molecule has 1 aliphatic carbocycles. The maximum absolute atomic E-state index is 6.46. The first kappa shape index (κ1) is 13.7. The van der Waals surface area contributed by atoms with Gasteiger partial charge in [0.05, 0.1) is 7.11 Å². The number of hydrogen-bond donors (Lipinski definition) is 1. The van der Waals surface area contributed by atoms with Crippen molar-refractivity contribution >= 4 is 0 Å². The van der Waals surface area contributed by atoms with Gasteiger partial charge in [-0.15, -0.1) is 0 Å². The van der Waals surface area contributed by atoms with E-state index in [0.29, 0.717) is 6.04 Å². The number of nitrogens with one attached hydrogen (secondary N) is 1. The lowest BCUT2D eigenvalue weighted by atomic mass is 9.74. The highest BCUT2D eigenvalue weighted by Gasteiger charge is 2.42. The van der Waals surface area contributed by atoms with Crippen molar-refractivity contribution in [3.05, 3.63) is 23.8 Å². The molecule has 1 aromatic rings. The normalized spacial score (nSPS) is 32.5. The smallest absolute Gasteiger partial charge is 0.128 e. The van der Waals surface area contributed by atoms with Crippen LogP contribution in [0, 0.1) is 5.92 Å². The molecule has 3 heteroatoms. The van der Waals surface area contributed by atoms with Crippen LogP contribution in [-0.4, -0.2) is 19.8 Å². The maximum Gasteiger partial charge on any atom is 0.128 e. The van der Waals surface area contributed by atoms with E-state index in [1.54, 1.807) is 7.11 Å². The predicted molar refractivity (Wildman–Crippen MR) is 80.4 cm³/mol. The summed E-state index contributed by atoms with van der Waals surface area (Å²) in [6.45, 7) is 2.35. The van der Waals surface area contributed by atoms with Crippen LogP contribution in [0.1, 0.15) is 50.6 Å². The Morgan fingerprint density at radius 1 is 1.30 bits per heavy atom. The van der Waals surface area contributed by atoms with Crippen molar-refractivity contribution in [3.63, 3.8) is 0 Å². The van der Waals surface area contributed by atoms with Gasteiger partial charge in [0.15, 0.2) is 0 Å². The first-order valence-electron chi connectivity index (χ1n) is 7.70. The van der Waals surface area contributed by atoms with Crippen LogP contribution in [0.4, 0.5) is 0 Å². The first-order valence-corrected chi connectivity index (χ1v) is 7.70. The fourth-order valence-corrected chi connectivity index (χ4v) is 3.63. The third-order valence-corrected chi connectivity index (χ3v) is 5.03. The van der Waals surface area contributed by atoms with Crippen molar-refractivity contribution in [3.8, 4) is 11.5 Å². The lowest BCUT2D eigenvalue weighted by Gasteiger charge is -2.45. The van der Waals surface area contributed by atoms with Crippen molar-refractivity contribution in [2.75, 3.05) is 14.2 Å². The Bertz CT molecular complexity index is 478. The average molecular weight is 275 g/mol. The second-order valence-electron chi connectivity index (χ2n) is 6.42. The molecule has 1 saturated carbocycles. The molecule has 0 bridgehead atoms. The molecule has 0 aromatic heterocycles. The summed E-state index contributed by atoms with van der Waals surface area (Å²) in [5.41, 5.74) is 1.29. The molecule has 20 heavy (non-hydrogen) atoms. The molecule has 1 aliphatic heterocycles. The van der Waals surface area contributed by atoms with Crippen LogP contribution in [0.25, 0.3) is 0 Å². The molecule has 0 amide bonds. The maximum atomic E-state index is 6.46. The number of fused-ring (bicyclic) bond motifs is 1. The average Bonchev–Trinajstić information content (AvgIpc) is 2.49. The highest BCUT2D eigenvalue weighted by atomic mass is 16.5. The molecular weight excluding hydrogens is 250 g/mol. The van der Waals surface area contributed by atoms with E-state index < -0.39 is 0 Å². The van der Waals surface area contributed by atoms with Gasteiger partial charge in [0, 0.05) is 24.1 Å². The number of rotatable bonds is 2. The third kappa shape index (κ3) is 2.39. The van der Waals surface area contributed by atoms with Gasteiger partial charge in [0.1, 0.15) is 17.1 Å². The van der Waals surface area contributed by atoms with Gasteiger partial charge in [-0.1, -0.05) is 13.0 Å². The van der Waals surface area contributed by atoms with E-state index in [9.17, 15) is 0 Å². The minimum absolute atomic E-state index is 0.0273.